The second-order valence-corrected chi connectivity index (χ2v) is 5.05. The monoisotopic (exact) mass is 308 g/mol. The molecule has 20 heavy (non-hydrogen) atoms. The molecule has 0 aromatic heterocycles. The van der Waals surface area contributed by atoms with Crippen LogP contribution in [-0.4, -0.2) is 63.9 Å². The highest BCUT2D eigenvalue weighted by atomic mass is 35.5. The molecule has 0 aromatic carbocycles. The summed E-state index contributed by atoms with van der Waals surface area (Å²) < 4.78 is 10.7. The van der Waals surface area contributed by atoms with Gasteiger partial charge >= 0.3 is 0 Å². The van der Waals surface area contributed by atoms with E-state index in [1.807, 2.05) is 18.7 Å². The standard InChI is InChI=1S/C14H28N2O3.ClH/c1-4-16(10-11-19-5-2)13(17)14(12-18-3)6-8-15-9-7-14;/h15H,4-12H2,1-3H3;1H. The van der Waals surface area contributed by atoms with Crippen LogP contribution in [-0.2, 0) is 14.3 Å². The fraction of sp³-hybridized carbons (Fsp3) is 0.929. The van der Waals surface area contributed by atoms with Crippen LogP contribution in [0.15, 0.2) is 0 Å². The second-order valence-electron chi connectivity index (χ2n) is 5.05. The van der Waals surface area contributed by atoms with Crippen LogP contribution in [0.1, 0.15) is 26.7 Å². The van der Waals surface area contributed by atoms with Crippen LogP contribution in [0.25, 0.3) is 0 Å². The Morgan fingerprint density at radius 3 is 2.45 bits per heavy atom. The van der Waals surface area contributed by atoms with E-state index in [4.69, 9.17) is 9.47 Å². The molecule has 1 rings (SSSR count). The lowest BCUT2D eigenvalue weighted by atomic mass is 9.78. The van der Waals surface area contributed by atoms with Crippen molar-refractivity contribution in [2.24, 2.45) is 5.41 Å². The van der Waals surface area contributed by atoms with Crippen molar-refractivity contribution < 1.29 is 14.3 Å². The number of nitrogens with zero attached hydrogens (tertiary/aromatic N) is 1. The predicted octanol–water partition coefficient (Wildman–Crippen LogP) is 1.31. The Morgan fingerprint density at radius 1 is 1.30 bits per heavy atom. The maximum absolute atomic E-state index is 12.8. The van der Waals surface area contributed by atoms with Gasteiger partial charge in [-0.05, 0) is 39.8 Å². The summed E-state index contributed by atoms with van der Waals surface area (Å²) in [4.78, 5) is 14.7. The topological polar surface area (TPSA) is 50.8 Å². The molecule has 0 bridgehead atoms. The highest BCUT2D eigenvalue weighted by Crippen LogP contribution is 2.31. The van der Waals surface area contributed by atoms with Gasteiger partial charge in [-0.2, -0.15) is 0 Å². The number of nitrogens with one attached hydrogen (secondary N) is 1. The molecule has 1 saturated heterocycles. The van der Waals surface area contributed by atoms with E-state index in [9.17, 15) is 4.79 Å². The molecule has 0 aliphatic carbocycles. The van der Waals surface area contributed by atoms with E-state index >= 15 is 0 Å². The molecule has 0 spiro atoms. The molecule has 1 aliphatic rings. The maximum Gasteiger partial charge on any atom is 0.231 e. The molecule has 0 radical (unpaired) electrons. The van der Waals surface area contributed by atoms with Crippen molar-refractivity contribution in [1.29, 1.82) is 0 Å². The Hall–Kier alpha value is -0.360. The molecular formula is C14H29ClN2O3. The maximum atomic E-state index is 12.8. The zero-order valence-corrected chi connectivity index (χ0v) is 13.8. The minimum atomic E-state index is -0.345. The number of carbonyl (C=O) groups excluding carboxylic acids is 1. The summed E-state index contributed by atoms with van der Waals surface area (Å²) in [5, 5.41) is 3.31. The van der Waals surface area contributed by atoms with E-state index in [1.165, 1.54) is 0 Å². The summed E-state index contributed by atoms with van der Waals surface area (Å²) in [7, 11) is 1.67. The number of hydrogen-bond acceptors (Lipinski definition) is 4. The number of rotatable bonds is 8. The van der Waals surface area contributed by atoms with E-state index < -0.39 is 0 Å². The zero-order valence-electron chi connectivity index (χ0n) is 12.9. The van der Waals surface area contributed by atoms with E-state index in [1.54, 1.807) is 7.11 Å². The molecule has 1 N–H and O–H groups in total. The molecule has 1 amide bonds. The normalized spacial score (nSPS) is 17.4. The SMILES string of the molecule is CCOCCN(CC)C(=O)C1(COC)CCNCC1.Cl. The Balaban J connectivity index is 0.00000361. The molecule has 6 heteroatoms. The number of ether oxygens (including phenoxy) is 2. The number of methoxy groups -OCH3 is 1. The Kier molecular flexibility index (Phi) is 10.2. The van der Waals surface area contributed by atoms with Crippen LogP contribution in [0, 0.1) is 5.41 Å². The number of amides is 1. The third kappa shape index (κ3) is 5.20. The second kappa shape index (κ2) is 10.4. The largest absolute Gasteiger partial charge is 0.384 e. The van der Waals surface area contributed by atoms with Crippen LogP contribution in [0.2, 0.25) is 0 Å². The minimum Gasteiger partial charge on any atom is -0.384 e. The number of hydrogen-bond donors (Lipinski definition) is 1. The fourth-order valence-corrected chi connectivity index (χ4v) is 2.66. The first-order valence-electron chi connectivity index (χ1n) is 7.27. The van der Waals surface area contributed by atoms with Crippen LogP contribution >= 0.6 is 12.4 Å². The van der Waals surface area contributed by atoms with Crippen molar-refractivity contribution in [3.63, 3.8) is 0 Å². The van der Waals surface area contributed by atoms with Crippen molar-refractivity contribution in [3.05, 3.63) is 0 Å². The van der Waals surface area contributed by atoms with Crippen LogP contribution in [0.3, 0.4) is 0 Å². The Morgan fingerprint density at radius 2 is 1.95 bits per heavy atom. The minimum absolute atomic E-state index is 0. The van der Waals surface area contributed by atoms with Gasteiger partial charge in [-0.1, -0.05) is 0 Å². The number of halogens is 1. The third-order valence-electron chi connectivity index (χ3n) is 3.81. The van der Waals surface area contributed by atoms with Gasteiger partial charge in [-0.25, -0.2) is 0 Å². The van der Waals surface area contributed by atoms with Crippen LogP contribution in [0.4, 0.5) is 0 Å². The van der Waals surface area contributed by atoms with E-state index in [0.29, 0.717) is 26.4 Å². The summed E-state index contributed by atoms with van der Waals surface area (Å²) >= 11 is 0. The van der Waals surface area contributed by atoms with Gasteiger partial charge in [-0.15, -0.1) is 12.4 Å². The smallest absolute Gasteiger partial charge is 0.231 e. The number of carbonyl (C=O) groups is 1. The van der Waals surface area contributed by atoms with Gasteiger partial charge in [0, 0.05) is 26.8 Å². The molecule has 0 aromatic rings. The van der Waals surface area contributed by atoms with Gasteiger partial charge in [0.1, 0.15) is 0 Å². The molecule has 5 nitrogen and oxygen atoms in total. The van der Waals surface area contributed by atoms with Gasteiger partial charge in [-0.3, -0.25) is 4.79 Å². The average molecular weight is 309 g/mol. The first-order chi connectivity index (χ1) is 9.20. The molecule has 120 valence electrons. The lowest BCUT2D eigenvalue weighted by molar-refractivity contribution is -0.148. The van der Waals surface area contributed by atoms with Crippen molar-refractivity contribution in [1.82, 2.24) is 10.2 Å². The molecule has 1 heterocycles. The summed E-state index contributed by atoms with van der Waals surface area (Å²) in [6, 6.07) is 0. The number of likely N-dealkylation sites (N-methyl/N-ethyl adjacent to an activating group) is 1. The molecule has 1 fully saturated rings. The average Bonchev–Trinajstić information content (AvgIpc) is 2.44. The van der Waals surface area contributed by atoms with Gasteiger partial charge in [0.25, 0.3) is 0 Å². The lowest BCUT2D eigenvalue weighted by Crippen LogP contribution is -2.52. The predicted molar refractivity (Wildman–Crippen MR) is 82.4 cm³/mol. The number of piperidine rings is 1. The fourth-order valence-electron chi connectivity index (χ4n) is 2.66. The zero-order chi connectivity index (χ0) is 14.1. The molecule has 1 aliphatic heterocycles. The van der Waals surface area contributed by atoms with Crippen molar-refractivity contribution >= 4 is 18.3 Å². The Bertz CT molecular complexity index is 266. The molecule has 0 saturated carbocycles. The van der Waals surface area contributed by atoms with Crippen molar-refractivity contribution in [2.75, 3.05) is 53.1 Å². The van der Waals surface area contributed by atoms with Crippen LogP contribution in [0.5, 0.6) is 0 Å². The van der Waals surface area contributed by atoms with Gasteiger partial charge in [0.2, 0.25) is 5.91 Å². The first kappa shape index (κ1) is 19.6. The summed E-state index contributed by atoms with van der Waals surface area (Å²) in [6.45, 7) is 8.97. The quantitative estimate of drug-likeness (QED) is 0.687. The van der Waals surface area contributed by atoms with Crippen molar-refractivity contribution in [2.45, 2.75) is 26.7 Å². The molecule has 0 atom stereocenters. The van der Waals surface area contributed by atoms with E-state index in [0.717, 1.165) is 32.5 Å². The van der Waals surface area contributed by atoms with Gasteiger partial charge in [0.15, 0.2) is 0 Å². The lowest BCUT2D eigenvalue weighted by Gasteiger charge is -2.39. The summed E-state index contributed by atoms with van der Waals surface area (Å²) in [6.07, 6.45) is 1.70. The summed E-state index contributed by atoms with van der Waals surface area (Å²) in [5.41, 5.74) is -0.345. The summed E-state index contributed by atoms with van der Waals surface area (Å²) in [5.74, 6) is 0.220. The highest BCUT2D eigenvalue weighted by molar-refractivity contribution is 5.85. The van der Waals surface area contributed by atoms with E-state index in [2.05, 4.69) is 5.32 Å². The highest BCUT2D eigenvalue weighted by Gasteiger charge is 2.41. The molecule has 0 unspecified atom stereocenters. The first-order valence-corrected chi connectivity index (χ1v) is 7.27. The van der Waals surface area contributed by atoms with Gasteiger partial charge < -0.3 is 19.7 Å². The molecular weight excluding hydrogens is 280 g/mol. The van der Waals surface area contributed by atoms with Crippen molar-refractivity contribution in [3.8, 4) is 0 Å². The van der Waals surface area contributed by atoms with Crippen LogP contribution < -0.4 is 5.32 Å². The van der Waals surface area contributed by atoms with E-state index in [-0.39, 0.29) is 23.7 Å². The van der Waals surface area contributed by atoms with Gasteiger partial charge in [0.05, 0.1) is 18.6 Å². The Labute approximate surface area is 128 Å². The third-order valence-corrected chi connectivity index (χ3v) is 3.81.